The first-order chi connectivity index (χ1) is 7.31. The summed E-state index contributed by atoms with van der Waals surface area (Å²) in [4.78, 5) is 0. The van der Waals surface area contributed by atoms with E-state index in [1.165, 1.54) is 0 Å². The van der Waals surface area contributed by atoms with Crippen LogP contribution in [0.3, 0.4) is 0 Å². The molecular formula is C14H16O. The second-order valence-electron chi connectivity index (χ2n) is 2.94. The third kappa shape index (κ3) is 10.3. The molecule has 0 spiro atoms. The predicted molar refractivity (Wildman–Crippen MR) is 63.7 cm³/mol. The average molecular weight is 200 g/mol. The maximum Gasteiger partial charge on any atom is 0.0540 e. The van der Waals surface area contributed by atoms with Gasteiger partial charge in [-0.1, -0.05) is 24.8 Å². The molecule has 0 fully saturated rings. The molecule has 0 radical (unpaired) electrons. The van der Waals surface area contributed by atoms with Crippen molar-refractivity contribution in [3.63, 3.8) is 0 Å². The van der Waals surface area contributed by atoms with Crippen LogP contribution >= 0.6 is 0 Å². The lowest BCUT2D eigenvalue weighted by Gasteiger charge is -2.02. The minimum Gasteiger partial charge on any atom is -0.393 e. The van der Waals surface area contributed by atoms with Gasteiger partial charge >= 0.3 is 0 Å². The van der Waals surface area contributed by atoms with Gasteiger partial charge in [0.05, 0.1) is 6.10 Å². The fourth-order valence-electron chi connectivity index (χ4n) is 0.838. The summed E-state index contributed by atoms with van der Waals surface area (Å²) in [5.41, 5.74) is 0. The zero-order valence-corrected chi connectivity index (χ0v) is 9.30. The molecule has 0 aromatic heterocycles. The summed E-state index contributed by atoms with van der Waals surface area (Å²) in [6.45, 7) is 3.71. The molecular weight excluding hydrogens is 184 g/mol. The molecule has 0 saturated carbocycles. The van der Waals surface area contributed by atoms with Gasteiger partial charge in [-0.25, -0.2) is 0 Å². The normalized spacial score (nSPS) is 10.3. The average Bonchev–Trinajstić information content (AvgIpc) is 2.26. The van der Waals surface area contributed by atoms with Crippen LogP contribution in [0, 0.1) is 35.5 Å². The van der Waals surface area contributed by atoms with Gasteiger partial charge in [-0.3, -0.25) is 0 Å². The van der Waals surface area contributed by atoms with Crippen LogP contribution < -0.4 is 0 Å². The van der Waals surface area contributed by atoms with Gasteiger partial charge < -0.3 is 5.11 Å². The van der Waals surface area contributed by atoms with Crippen LogP contribution in [0.15, 0.2) is 12.2 Å². The number of hydrogen-bond acceptors (Lipinski definition) is 1. The van der Waals surface area contributed by atoms with E-state index in [1.807, 2.05) is 13.0 Å². The van der Waals surface area contributed by atoms with Gasteiger partial charge in [-0.05, 0) is 55.9 Å². The lowest BCUT2D eigenvalue weighted by Crippen LogP contribution is -2.02. The van der Waals surface area contributed by atoms with Crippen molar-refractivity contribution in [2.75, 3.05) is 0 Å². The molecule has 0 bridgehead atoms. The fourth-order valence-corrected chi connectivity index (χ4v) is 0.838. The van der Waals surface area contributed by atoms with Gasteiger partial charge in [-0.15, -0.1) is 0 Å². The van der Waals surface area contributed by atoms with Crippen molar-refractivity contribution in [2.45, 2.75) is 39.2 Å². The maximum atomic E-state index is 9.25. The lowest BCUT2D eigenvalue weighted by molar-refractivity contribution is 0.161. The highest BCUT2D eigenvalue weighted by Gasteiger charge is 1.96. The lowest BCUT2D eigenvalue weighted by atomic mass is 10.1. The number of allylic oxidation sites excluding steroid dienone is 2. The highest BCUT2D eigenvalue weighted by molar-refractivity contribution is 5.37. The molecule has 0 amide bonds. The van der Waals surface area contributed by atoms with Crippen LogP contribution in [0.1, 0.15) is 33.1 Å². The molecule has 0 aromatic carbocycles. The van der Waals surface area contributed by atoms with Crippen molar-refractivity contribution in [2.24, 2.45) is 0 Å². The molecule has 0 aliphatic heterocycles. The molecule has 0 aliphatic carbocycles. The van der Waals surface area contributed by atoms with Crippen molar-refractivity contribution in [3.8, 4) is 35.5 Å². The van der Waals surface area contributed by atoms with Gasteiger partial charge in [0.15, 0.2) is 0 Å². The van der Waals surface area contributed by atoms with E-state index in [4.69, 9.17) is 0 Å². The monoisotopic (exact) mass is 200 g/mol. The van der Waals surface area contributed by atoms with Crippen LogP contribution in [-0.2, 0) is 0 Å². The molecule has 1 atom stereocenters. The van der Waals surface area contributed by atoms with Crippen LogP contribution in [0.4, 0.5) is 0 Å². The summed E-state index contributed by atoms with van der Waals surface area (Å²) >= 11 is 0. The summed E-state index contributed by atoms with van der Waals surface area (Å²) in [5, 5.41) is 9.25. The Balaban J connectivity index is 3.70. The molecule has 0 aromatic rings. The molecule has 1 N–H and O–H groups in total. The van der Waals surface area contributed by atoms with E-state index in [0.717, 1.165) is 19.3 Å². The fraction of sp³-hybridized carbons (Fsp3) is 0.429. The van der Waals surface area contributed by atoms with Gasteiger partial charge in [0, 0.05) is 0 Å². The number of rotatable bonds is 4. The van der Waals surface area contributed by atoms with Crippen molar-refractivity contribution in [1.29, 1.82) is 0 Å². The number of hydrogen-bond donors (Lipinski definition) is 1. The molecule has 0 saturated heterocycles. The first-order valence-corrected chi connectivity index (χ1v) is 5.06. The first kappa shape index (κ1) is 13.4. The van der Waals surface area contributed by atoms with Crippen LogP contribution in [0.5, 0.6) is 0 Å². The van der Waals surface area contributed by atoms with E-state index in [1.54, 1.807) is 13.0 Å². The van der Waals surface area contributed by atoms with E-state index in [0.29, 0.717) is 0 Å². The van der Waals surface area contributed by atoms with Crippen molar-refractivity contribution in [3.05, 3.63) is 12.2 Å². The summed E-state index contributed by atoms with van der Waals surface area (Å²) in [6, 6.07) is 0. The van der Waals surface area contributed by atoms with Gasteiger partial charge in [0.25, 0.3) is 0 Å². The highest BCUT2D eigenvalue weighted by Crippen LogP contribution is 2.00. The van der Waals surface area contributed by atoms with Crippen LogP contribution in [0.25, 0.3) is 0 Å². The Morgan fingerprint density at radius 1 is 1.20 bits per heavy atom. The largest absolute Gasteiger partial charge is 0.393 e. The summed E-state index contributed by atoms with van der Waals surface area (Å²) in [5.74, 6) is 15.9. The van der Waals surface area contributed by atoms with Crippen molar-refractivity contribution in [1.82, 2.24) is 0 Å². The topological polar surface area (TPSA) is 20.2 Å². The SMILES string of the molecule is CC#CC#CC#C/C=C/CC[C@@H](O)CC. The van der Waals surface area contributed by atoms with Gasteiger partial charge in [0.2, 0.25) is 0 Å². The molecule has 78 valence electrons. The molecule has 0 rings (SSSR count). The first-order valence-electron chi connectivity index (χ1n) is 5.06. The zero-order valence-electron chi connectivity index (χ0n) is 9.30. The third-order valence-corrected chi connectivity index (χ3v) is 1.72. The molecule has 1 nitrogen and oxygen atoms in total. The summed E-state index contributed by atoms with van der Waals surface area (Å²) in [7, 11) is 0. The van der Waals surface area contributed by atoms with Crippen molar-refractivity contribution >= 4 is 0 Å². The Morgan fingerprint density at radius 3 is 2.60 bits per heavy atom. The maximum absolute atomic E-state index is 9.25. The van der Waals surface area contributed by atoms with Gasteiger partial charge in [0.1, 0.15) is 0 Å². The van der Waals surface area contributed by atoms with E-state index in [2.05, 4.69) is 35.5 Å². The quantitative estimate of drug-likeness (QED) is 0.689. The van der Waals surface area contributed by atoms with Gasteiger partial charge in [-0.2, -0.15) is 0 Å². The Bertz CT molecular complexity index is 357. The minimum atomic E-state index is -0.192. The Kier molecular flexibility index (Phi) is 9.33. The van der Waals surface area contributed by atoms with E-state index in [-0.39, 0.29) is 6.10 Å². The minimum absolute atomic E-state index is 0.192. The Morgan fingerprint density at radius 2 is 1.93 bits per heavy atom. The number of aliphatic hydroxyl groups excluding tert-OH is 1. The molecule has 15 heavy (non-hydrogen) atoms. The third-order valence-electron chi connectivity index (χ3n) is 1.72. The molecule has 0 heterocycles. The Labute approximate surface area is 92.6 Å². The summed E-state index contributed by atoms with van der Waals surface area (Å²) < 4.78 is 0. The van der Waals surface area contributed by atoms with E-state index >= 15 is 0 Å². The molecule has 0 aliphatic rings. The van der Waals surface area contributed by atoms with E-state index in [9.17, 15) is 5.11 Å². The van der Waals surface area contributed by atoms with Crippen LogP contribution in [-0.4, -0.2) is 11.2 Å². The zero-order chi connectivity index (χ0) is 11.4. The predicted octanol–water partition coefficient (Wildman–Crippen LogP) is 2.12. The summed E-state index contributed by atoms with van der Waals surface area (Å²) in [6.07, 6.45) is 5.96. The van der Waals surface area contributed by atoms with Crippen LogP contribution in [0.2, 0.25) is 0 Å². The second-order valence-corrected chi connectivity index (χ2v) is 2.94. The van der Waals surface area contributed by atoms with Crippen molar-refractivity contribution < 1.29 is 5.11 Å². The smallest absolute Gasteiger partial charge is 0.0540 e. The standard InChI is InChI=1S/C14H16O/c1-3-5-6-7-8-9-10-11-12-13-14(15)4-2/h10-11,14-15H,4,12-13H2,1-2H3/b11-10+/t14-/m0/s1. The highest BCUT2D eigenvalue weighted by atomic mass is 16.3. The molecule has 1 heteroatoms. The second kappa shape index (κ2) is 10.5. The van der Waals surface area contributed by atoms with E-state index < -0.39 is 0 Å². The molecule has 0 unspecified atom stereocenters. The number of aliphatic hydroxyl groups is 1. The Hall–Kier alpha value is -1.62.